The second-order valence-electron chi connectivity index (χ2n) is 9.21. The van der Waals surface area contributed by atoms with Crippen LogP contribution in [0.2, 0.25) is 0 Å². The smallest absolute Gasteiger partial charge is 0.118 e. The van der Waals surface area contributed by atoms with Gasteiger partial charge in [0.1, 0.15) is 11.4 Å². The first-order valence-corrected chi connectivity index (χ1v) is 11.9. The maximum Gasteiger partial charge on any atom is 0.118 e. The number of hydrogen-bond acceptors (Lipinski definition) is 3. The minimum Gasteiger partial charge on any atom is -0.497 e. The number of aliphatic hydroxyl groups is 1. The molecule has 3 heteroatoms. The minimum atomic E-state index is -0.870. The zero-order chi connectivity index (χ0) is 20.8. The van der Waals surface area contributed by atoms with Crippen molar-refractivity contribution in [2.75, 3.05) is 26.7 Å². The highest BCUT2D eigenvalue weighted by Gasteiger charge is 2.46. The molecule has 162 valence electrons. The summed E-state index contributed by atoms with van der Waals surface area (Å²) in [6, 6.07) is 18.9. The van der Waals surface area contributed by atoms with Gasteiger partial charge in [0, 0.05) is 12.5 Å². The van der Waals surface area contributed by atoms with Gasteiger partial charge in [0.05, 0.1) is 7.11 Å². The van der Waals surface area contributed by atoms with Crippen molar-refractivity contribution in [2.45, 2.75) is 62.9 Å². The zero-order valence-electron chi connectivity index (χ0n) is 18.4. The fourth-order valence-electron chi connectivity index (χ4n) is 5.71. The average Bonchev–Trinajstić information content (AvgIpc) is 2.84. The second-order valence-corrected chi connectivity index (χ2v) is 9.21. The molecular weight excluding hydrogens is 370 g/mol. The summed E-state index contributed by atoms with van der Waals surface area (Å²) in [6.45, 7) is 3.21. The predicted molar refractivity (Wildman–Crippen MR) is 123 cm³/mol. The SMILES string of the molecule is COc1ccc([C@@](O)(C2CCCCC2)[C@@H](CN2CCCCC2)c2ccccc2)cc1. The third kappa shape index (κ3) is 4.58. The van der Waals surface area contributed by atoms with E-state index in [0.717, 1.165) is 43.8 Å². The quantitative estimate of drug-likeness (QED) is 0.636. The summed E-state index contributed by atoms with van der Waals surface area (Å²) in [4.78, 5) is 2.58. The first-order chi connectivity index (χ1) is 14.7. The highest BCUT2D eigenvalue weighted by Crippen LogP contribution is 2.48. The molecule has 2 aromatic rings. The molecule has 30 heavy (non-hydrogen) atoms. The van der Waals surface area contributed by atoms with Crippen molar-refractivity contribution < 1.29 is 9.84 Å². The molecule has 1 N–H and O–H groups in total. The van der Waals surface area contributed by atoms with Crippen molar-refractivity contribution in [3.63, 3.8) is 0 Å². The van der Waals surface area contributed by atoms with Crippen molar-refractivity contribution in [2.24, 2.45) is 5.92 Å². The molecule has 1 aliphatic carbocycles. The molecule has 1 saturated carbocycles. The summed E-state index contributed by atoms with van der Waals surface area (Å²) in [6.07, 6.45) is 9.80. The fraction of sp³-hybridized carbons (Fsp3) is 0.556. The van der Waals surface area contributed by atoms with Gasteiger partial charge in [0.2, 0.25) is 0 Å². The van der Waals surface area contributed by atoms with Crippen LogP contribution in [0.15, 0.2) is 54.6 Å². The van der Waals surface area contributed by atoms with Gasteiger partial charge in [-0.05, 0) is 68.0 Å². The lowest BCUT2D eigenvalue weighted by molar-refractivity contribution is -0.0710. The summed E-state index contributed by atoms with van der Waals surface area (Å²) >= 11 is 0. The van der Waals surface area contributed by atoms with Crippen LogP contribution >= 0.6 is 0 Å². The van der Waals surface area contributed by atoms with Crippen LogP contribution in [0.1, 0.15) is 68.4 Å². The molecule has 0 unspecified atom stereocenters. The van der Waals surface area contributed by atoms with Crippen LogP contribution in [0.5, 0.6) is 5.75 Å². The highest BCUT2D eigenvalue weighted by molar-refractivity contribution is 5.36. The van der Waals surface area contributed by atoms with Crippen LogP contribution < -0.4 is 4.74 Å². The highest BCUT2D eigenvalue weighted by atomic mass is 16.5. The van der Waals surface area contributed by atoms with Gasteiger partial charge in [-0.25, -0.2) is 0 Å². The van der Waals surface area contributed by atoms with E-state index in [0.29, 0.717) is 0 Å². The third-order valence-electron chi connectivity index (χ3n) is 7.40. The first-order valence-electron chi connectivity index (χ1n) is 11.9. The van der Waals surface area contributed by atoms with E-state index in [4.69, 9.17) is 4.74 Å². The molecule has 2 atom stereocenters. The number of methoxy groups -OCH3 is 1. The van der Waals surface area contributed by atoms with Gasteiger partial charge >= 0.3 is 0 Å². The molecule has 0 bridgehead atoms. The molecule has 1 heterocycles. The molecule has 1 aliphatic heterocycles. The van der Waals surface area contributed by atoms with E-state index >= 15 is 0 Å². The van der Waals surface area contributed by atoms with E-state index in [1.807, 2.05) is 12.1 Å². The number of piperidine rings is 1. The van der Waals surface area contributed by atoms with Crippen molar-refractivity contribution in [3.8, 4) is 5.75 Å². The van der Waals surface area contributed by atoms with Gasteiger partial charge < -0.3 is 14.7 Å². The van der Waals surface area contributed by atoms with Crippen molar-refractivity contribution >= 4 is 0 Å². The maximum atomic E-state index is 12.6. The van der Waals surface area contributed by atoms with Crippen molar-refractivity contribution in [1.82, 2.24) is 4.90 Å². The molecule has 1 saturated heterocycles. The Morgan fingerprint density at radius 2 is 1.53 bits per heavy atom. The first kappa shape index (κ1) is 21.4. The monoisotopic (exact) mass is 407 g/mol. The molecular formula is C27H37NO2. The fourth-order valence-corrected chi connectivity index (χ4v) is 5.71. The molecule has 0 spiro atoms. The number of benzene rings is 2. The Morgan fingerprint density at radius 1 is 0.900 bits per heavy atom. The Bertz CT molecular complexity index is 763. The largest absolute Gasteiger partial charge is 0.497 e. The van der Waals surface area contributed by atoms with Crippen molar-refractivity contribution in [3.05, 3.63) is 65.7 Å². The standard InChI is InChI=1S/C27H37NO2/c1-30-25-17-15-24(16-18-25)27(29,23-13-7-3-8-14-23)26(22-11-5-2-6-12-22)21-28-19-9-4-10-20-28/h2,5-6,11-12,15-18,23,26,29H,3-4,7-10,13-14,19-21H2,1H3/t26-,27-/m0/s1. The summed E-state index contributed by atoms with van der Waals surface area (Å²) in [7, 11) is 1.70. The summed E-state index contributed by atoms with van der Waals surface area (Å²) in [5, 5.41) is 12.6. The van der Waals surface area contributed by atoms with Gasteiger partial charge in [0.15, 0.2) is 0 Å². The number of rotatable bonds is 7. The Hall–Kier alpha value is -1.84. The van der Waals surface area contributed by atoms with Crippen LogP contribution in [0.3, 0.4) is 0 Å². The Kier molecular flexibility index (Phi) is 7.12. The average molecular weight is 408 g/mol. The molecule has 4 rings (SSSR count). The predicted octanol–water partition coefficient (Wildman–Crippen LogP) is 5.73. The van der Waals surface area contributed by atoms with E-state index in [2.05, 4.69) is 47.4 Å². The summed E-state index contributed by atoms with van der Waals surface area (Å²) < 4.78 is 5.40. The number of ether oxygens (including phenoxy) is 1. The minimum absolute atomic E-state index is 0.0632. The van der Waals surface area contributed by atoms with Gasteiger partial charge in [-0.3, -0.25) is 0 Å². The van der Waals surface area contributed by atoms with E-state index in [1.54, 1.807) is 7.11 Å². The lowest BCUT2D eigenvalue weighted by Crippen LogP contribution is -2.47. The van der Waals surface area contributed by atoms with Gasteiger partial charge in [-0.1, -0.05) is 68.1 Å². The van der Waals surface area contributed by atoms with E-state index in [-0.39, 0.29) is 11.8 Å². The second kappa shape index (κ2) is 9.98. The van der Waals surface area contributed by atoms with E-state index < -0.39 is 5.60 Å². The van der Waals surface area contributed by atoms with Crippen LogP contribution in [-0.4, -0.2) is 36.8 Å². The van der Waals surface area contributed by atoms with E-state index in [1.165, 1.54) is 44.1 Å². The molecule has 2 fully saturated rings. The van der Waals surface area contributed by atoms with Crippen LogP contribution in [0, 0.1) is 5.92 Å². The third-order valence-corrected chi connectivity index (χ3v) is 7.40. The maximum absolute atomic E-state index is 12.6. The lowest BCUT2D eigenvalue weighted by atomic mass is 9.65. The Morgan fingerprint density at radius 3 is 2.17 bits per heavy atom. The molecule has 3 nitrogen and oxygen atoms in total. The molecule has 0 radical (unpaired) electrons. The summed E-state index contributed by atoms with van der Waals surface area (Å²) in [5.74, 6) is 1.19. The van der Waals surface area contributed by atoms with Crippen LogP contribution in [-0.2, 0) is 5.60 Å². The molecule has 0 amide bonds. The van der Waals surface area contributed by atoms with Crippen LogP contribution in [0.25, 0.3) is 0 Å². The molecule has 0 aromatic heterocycles. The van der Waals surface area contributed by atoms with Crippen molar-refractivity contribution in [1.29, 1.82) is 0 Å². The normalized spacial score (nSPS) is 21.7. The zero-order valence-corrected chi connectivity index (χ0v) is 18.4. The lowest BCUT2D eigenvalue weighted by Gasteiger charge is -2.46. The molecule has 2 aromatic carbocycles. The van der Waals surface area contributed by atoms with Crippen LogP contribution in [0.4, 0.5) is 0 Å². The molecule has 2 aliphatic rings. The Balaban J connectivity index is 1.76. The Labute approximate surface area is 182 Å². The number of nitrogens with zero attached hydrogens (tertiary/aromatic N) is 1. The topological polar surface area (TPSA) is 32.7 Å². The summed E-state index contributed by atoms with van der Waals surface area (Å²) in [5.41, 5.74) is 1.43. The van der Waals surface area contributed by atoms with Gasteiger partial charge in [-0.2, -0.15) is 0 Å². The van der Waals surface area contributed by atoms with E-state index in [9.17, 15) is 5.11 Å². The number of likely N-dealkylation sites (tertiary alicyclic amines) is 1. The number of hydrogen-bond donors (Lipinski definition) is 1. The van der Waals surface area contributed by atoms with Gasteiger partial charge in [0.25, 0.3) is 0 Å². The van der Waals surface area contributed by atoms with Gasteiger partial charge in [-0.15, -0.1) is 0 Å².